The van der Waals surface area contributed by atoms with Gasteiger partial charge in [-0.1, -0.05) is 11.2 Å². The highest BCUT2D eigenvalue weighted by Crippen LogP contribution is 2.39. The molecule has 150 valence electrons. The Kier molecular flexibility index (Phi) is 5.00. The Balaban J connectivity index is 1.80. The molecule has 0 unspecified atom stereocenters. The molecule has 1 fully saturated rings. The van der Waals surface area contributed by atoms with Gasteiger partial charge in [-0.15, -0.1) is 0 Å². The van der Waals surface area contributed by atoms with E-state index in [0.717, 1.165) is 35.4 Å². The summed E-state index contributed by atoms with van der Waals surface area (Å²) in [6, 6.07) is 5.20. The van der Waals surface area contributed by atoms with Gasteiger partial charge < -0.3 is 14.3 Å². The Morgan fingerprint density at radius 2 is 2.07 bits per heavy atom. The molecule has 3 aromatic heterocycles. The lowest BCUT2D eigenvalue weighted by molar-refractivity contribution is 0.0727. The number of likely N-dealkylation sites (tertiary alicyclic amines) is 1. The van der Waals surface area contributed by atoms with Crippen LogP contribution in [0.3, 0.4) is 0 Å². The van der Waals surface area contributed by atoms with E-state index in [1.165, 1.54) is 0 Å². The Morgan fingerprint density at radius 1 is 1.24 bits per heavy atom. The number of carbonyl (C=O) groups is 1. The van der Waals surface area contributed by atoms with E-state index in [-0.39, 0.29) is 11.9 Å². The average molecular weight is 392 g/mol. The third kappa shape index (κ3) is 3.46. The molecule has 8 heteroatoms. The summed E-state index contributed by atoms with van der Waals surface area (Å²) in [6.07, 6.45) is 5.13. The molecule has 0 radical (unpaired) electrons. The van der Waals surface area contributed by atoms with Gasteiger partial charge in [-0.2, -0.15) is 0 Å². The Labute approximate surface area is 169 Å². The van der Waals surface area contributed by atoms with Gasteiger partial charge in [0, 0.05) is 38.6 Å². The first-order valence-electron chi connectivity index (χ1n) is 9.67. The van der Waals surface area contributed by atoms with E-state index in [4.69, 9.17) is 9.51 Å². The smallest absolute Gasteiger partial charge is 0.273 e. The first-order valence-corrected chi connectivity index (χ1v) is 9.67. The molecule has 1 atom stereocenters. The van der Waals surface area contributed by atoms with Gasteiger partial charge in [-0.25, -0.2) is 9.97 Å². The van der Waals surface area contributed by atoms with Gasteiger partial charge in [0.05, 0.1) is 23.0 Å². The first kappa shape index (κ1) is 19.0. The molecule has 0 bridgehead atoms. The van der Waals surface area contributed by atoms with Crippen LogP contribution in [0.15, 0.2) is 35.1 Å². The van der Waals surface area contributed by atoms with E-state index in [0.29, 0.717) is 23.9 Å². The largest absolute Gasteiger partial charge is 0.356 e. The second kappa shape index (κ2) is 7.62. The molecule has 0 spiro atoms. The van der Waals surface area contributed by atoms with Crippen molar-refractivity contribution in [2.75, 3.05) is 25.5 Å². The number of hydrogen-bond acceptors (Lipinski definition) is 7. The molecule has 0 aliphatic carbocycles. The van der Waals surface area contributed by atoms with Crippen LogP contribution in [-0.4, -0.2) is 51.6 Å². The number of rotatable bonds is 4. The predicted octanol–water partition coefficient (Wildman–Crippen LogP) is 3.19. The molecule has 29 heavy (non-hydrogen) atoms. The lowest BCUT2D eigenvalue weighted by atomic mass is 10.0. The van der Waals surface area contributed by atoms with Crippen molar-refractivity contribution in [2.24, 2.45) is 0 Å². The maximum Gasteiger partial charge on any atom is 0.273 e. The van der Waals surface area contributed by atoms with E-state index >= 15 is 0 Å². The van der Waals surface area contributed by atoms with E-state index in [9.17, 15) is 4.79 Å². The highest BCUT2D eigenvalue weighted by Gasteiger charge is 2.35. The summed E-state index contributed by atoms with van der Waals surface area (Å²) in [5.41, 5.74) is 3.78. The van der Waals surface area contributed by atoms with Crippen LogP contribution in [0.5, 0.6) is 0 Å². The zero-order valence-corrected chi connectivity index (χ0v) is 17.1. The summed E-state index contributed by atoms with van der Waals surface area (Å²) in [5, 5.41) is 4.09. The van der Waals surface area contributed by atoms with Crippen molar-refractivity contribution >= 4 is 11.9 Å². The molecule has 1 aliphatic heterocycles. The monoisotopic (exact) mass is 392 g/mol. The highest BCUT2D eigenvalue weighted by atomic mass is 16.5. The van der Waals surface area contributed by atoms with Crippen LogP contribution in [0, 0.1) is 13.8 Å². The Hall–Kier alpha value is -3.29. The van der Waals surface area contributed by atoms with Crippen molar-refractivity contribution in [3.63, 3.8) is 0 Å². The van der Waals surface area contributed by atoms with Gasteiger partial charge in [0.1, 0.15) is 5.69 Å². The van der Waals surface area contributed by atoms with Gasteiger partial charge in [0.15, 0.2) is 5.76 Å². The number of hydrogen-bond donors (Lipinski definition) is 0. The fourth-order valence-corrected chi connectivity index (χ4v) is 3.63. The lowest BCUT2D eigenvalue weighted by Gasteiger charge is -2.26. The molecule has 4 heterocycles. The van der Waals surface area contributed by atoms with Gasteiger partial charge in [0.2, 0.25) is 5.95 Å². The molecule has 4 rings (SSSR count). The van der Waals surface area contributed by atoms with Crippen molar-refractivity contribution in [2.45, 2.75) is 32.7 Å². The minimum atomic E-state index is -0.175. The quantitative estimate of drug-likeness (QED) is 0.674. The summed E-state index contributed by atoms with van der Waals surface area (Å²) in [5.74, 6) is 1.16. The number of anilines is 1. The minimum Gasteiger partial charge on any atom is -0.356 e. The highest BCUT2D eigenvalue weighted by molar-refractivity contribution is 5.92. The van der Waals surface area contributed by atoms with Crippen LogP contribution < -0.4 is 4.90 Å². The fourth-order valence-electron chi connectivity index (χ4n) is 3.63. The molecule has 1 aliphatic rings. The Bertz CT molecular complexity index is 1030. The van der Waals surface area contributed by atoms with Crippen LogP contribution in [0.4, 0.5) is 5.95 Å². The molecule has 1 saturated heterocycles. The summed E-state index contributed by atoms with van der Waals surface area (Å²) in [6.45, 7) is 4.54. The third-order valence-corrected chi connectivity index (χ3v) is 5.32. The van der Waals surface area contributed by atoms with Gasteiger partial charge in [-0.05, 0) is 38.8 Å². The van der Waals surface area contributed by atoms with Crippen LogP contribution in [0.1, 0.15) is 46.3 Å². The van der Waals surface area contributed by atoms with Crippen molar-refractivity contribution in [1.82, 2.24) is 25.0 Å². The van der Waals surface area contributed by atoms with Crippen LogP contribution in [0.2, 0.25) is 0 Å². The first-order chi connectivity index (χ1) is 14.0. The van der Waals surface area contributed by atoms with Gasteiger partial charge in [-0.3, -0.25) is 9.78 Å². The van der Waals surface area contributed by atoms with Crippen molar-refractivity contribution in [1.29, 1.82) is 0 Å². The topological polar surface area (TPSA) is 88.3 Å². The normalized spacial score (nSPS) is 16.3. The van der Waals surface area contributed by atoms with Crippen molar-refractivity contribution < 1.29 is 9.32 Å². The number of pyridine rings is 1. The summed E-state index contributed by atoms with van der Waals surface area (Å²) in [4.78, 5) is 30.4. The number of aromatic nitrogens is 4. The van der Waals surface area contributed by atoms with Gasteiger partial charge >= 0.3 is 0 Å². The maximum absolute atomic E-state index is 13.1. The van der Waals surface area contributed by atoms with Crippen LogP contribution in [-0.2, 0) is 0 Å². The average Bonchev–Trinajstić information content (AvgIpc) is 3.35. The van der Waals surface area contributed by atoms with Crippen molar-refractivity contribution in [3.05, 3.63) is 53.2 Å². The molecule has 1 amide bonds. The molecular formula is C21H24N6O2. The molecule has 0 aromatic carbocycles. The fraction of sp³-hybridized carbons (Fsp3) is 0.381. The second-order valence-electron chi connectivity index (χ2n) is 7.46. The Morgan fingerprint density at radius 3 is 2.72 bits per heavy atom. The number of amides is 1. The predicted molar refractivity (Wildman–Crippen MR) is 109 cm³/mol. The van der Waals surface area contributed by atoms with Crippen LogP contribution >= 0.6 is 0 Å². The maximum atomic E-state index is 13.1. The standard InChI is InChI=1S/C21H24N6O2/c1-13-14(2)25-29-19(13)15-12-23-21(26(3)4)24-18(15)17-9-7-11-27(17)20(28)16-8-5-6-10-22-16/h5-6,8,10,12,17H,7,9,11H2,1-4H3/t17-/m0/s1. The molecule has 0 saturated carbocycles. The SMILES string of the molecule is Cc1noc(-c2cnc(N(C)C)nc2[C@@H]2CCCN2C(=O)c2ccccn2)c1C. The van der Waals surface area contributed by atoms with E-state index in [2.05, 4.69) is 15.1 Å². The van der Waals surface area contributed by atoms with E-state index in [1.54, 1.807) is 24.5 Å². The molecule has 0 N–H and O–H groups in total. The number of carbonyl (C=O) groups excluding carboxylic acids is 1. The van der Waals surface area contributed by atoms with E-state index < -0.39 is 0 Å². The molecule has 3 aromatic rings. The second-order valence-corrected chi connectivity index (χ2v) is 7.46. The summed E-state index contributed by atoms with van der Waals surface area (Å²) in [7, 11) is 3.79. The summed E-state index contributed by atoms with van der Waals surface area (Å²) >= 11 is 0. The molecule has 8 nitrogen and oxygen atoms in total. The molecular weight excluding hydrogens is 368 g/mol. The zero-order valence-electron chi connectivity index (χ0n) is 17.1. The lowest BCUT2D eigenvalue weighted by Crippen LogP contribution is -2.32. The number of aryl methyl sites for hydroxylation is 1. The zero-order chi connectivity index (χ0) is 20.5. The number of nitrogens with zero attached hydrogens (tertiary/aromatic N) is 6. The summed E-state index contributed by atoms with van der Waals surface area (Å²) < 4.78 is 5.60. The van der Waals surface area contributed by atoms with Gasteiger partial charge in [0.25, 0.3) is 5.91 Å². The third-order valence-electron chi connectivity index (χ3n) is 5.32. The van der Waals surface area contributed by atoms with Crippen LogP contribution in [0.25, 0.3) is 11.3 Å². The minimum absolute atomic E-state index is 0.0884. The van der Waals surface area contributed by atoms with E-state index in [1.807, 2.05) is 43.8 Å². The van der Waals surface area contributed by atoms with Crippen molar-refractivity contribution in [3.8, 4) is 11.3 Å².